The Kier molecular flexibility index (Phi) is 8.11. The molecule has 1 spiro atoms. The molecule has 2 aliphatic carbocycles. The third kappa shape index (κ3) is 5.50. The molecule has 1 aromatic heterocycles. The lowest BCUT2D eigenvalue weighted by Gasteiger charge is -2.35. The van der Waals surface area contributed by atoms with Gasteiger partial charge in [0.05, 0.1) is 16.8 Å². The second-order valence-electron chi connectivity index (χ2n) is 16.0. The van der Waals surface area contributed by atoms with E-state index in [1.54, 1.807) is 0 Å². The van der Waals surface area contributed by atoms with Gasteiger partial charge >= 0.3 is 0 Å². The summed E-state index contributed by atoms with van der Waals surface area (Å²) in [7, 11) is 0. The SMILES string of the molecule is c1ccc(-c2cccc(-c3nc(-c4ccc5c(c4)C4(c6ccccc6-c6ccccc6-5)c5ccccc5-c5ccccc54)cc(-c4ccccc4-c4ccccc4)n3)c2)cc1. The third-order valence-electron chi connectivity index (χ3n) is 12.8. The van der Waals surface area contributed by atoms with Crippen molar-refractivity contribution in [3.05, 3.63) is 253 Å². The summed E-state index contributed by atoms with van der Waals surface area (Å²) in [5.74, 6) is 0.685. The number of rotatable bonds is 5. The van der Waals surface area contributed by atoms with Gasteiger partial charge in [0.25, 0.3) is 0 Å². The van der Waals surface area contributed by atoms with Crippen molar-refractivity contribution in [2.75, 3.05) is 0 Å². The first kappa shape index (κ1) is 35.0. The molecule has 0 radical (unpaired) electrons. The van der Waals surface area contributed by atoms with E-state index >= 15 is 0 Å². The van der Waals surface area contributed by atoms with E-state index in [0.29, 0.717) is 5.82 Å². The molecule has 2 aliphatic rings. The molecule has 0 fully saturated rings. The zero-order chi connectivity index (χ0) is 40.3. The van der Waals surface area contributed by atoms with Crippen molar-refractivity contribution in [1.29, 1.82) is 0 Å². The van der Waals surface area contributed by atoms with Gasteiger partial charge in [-0.2, -0.15) is 0 Å². The molecular weight excluding hydrogens is 737 g/mol. The lowest BCUT2D eigenvalue weighted by Crippen LogP contribution is -2.29. The normalized spacial score (nSPS) is 12.7. The molecule has 0 amide bonds. The summed E-state index contributed by atoms with van der Waals surface area (Å²) in [5, 5.41) is 0. The topological polar surface area (TPSA) is 25.8 Å². The van der Waals surface area contributed by atoms with Gasteiger partial charge in [-0.1, -0.05) is 212 Å². The molecule has 2 nitrogen and oxygen atoms in total. The van der Waals surface area contributed by atoms with Crippen molar-refractivity contribution < 1.29 is 0 Å². The Morgan fingerprint density at radius 1 is 0.230 bits per heavy atom. The molecule has 1 heterocycles. The lowest BCUT2D eigenvalue weighted by molar-refractivity contribution is 0.775. The van der Waals surface area contributed by atoms with Crippen LogP contribution in [0.4, 0.5) is 0 Å². The highest BCUT2D eigenvalue weighted by Crippen LogP contribution is 2.61. The van der Waals surface area contributed by atoms with Crippen molar-refractivity contribution >= 4 is 0 Å². The highest BCUT2D eigenvalue weighted by Gasteiger charge is 2.49. The Labute approximate surface area is 356 Å². The number of nitrogens with zero attached hydrogens (tertiary/aromatic N) is 2. The lowest BCUT2D eigenvalue weighted by atomic mass is 9.65. The Morgan fingerprint density at radius 2 is 0.672 bits per heavy atom. The maximum atomic E-state index is 5.49. The van der Waals surface area contributed by atoms with E-state index in [4.69, 9.17) is 9.97 Å². The fourth-order valence-corrected chi connectivity index (χ4v) is 10.1. The molecule has 0 aliphatic heterocycles. The maximum absolute atomic E-state index is 5.49. The molecule has 61 heavy (non-hydrogen) atoms. The van der Waals surface area contributed by atoms with E-state index < -0.39 is 5.41 Å². The molecule has 9 aromatic carbocycles. The quantitative estimate of drug-likeness (QED) is 0.174. The van der Waals surface area contributed by atoms with Crippen LogP contribution in [0, 0.1) is 0 Å². The second-order valence-corrected chi connectivity index (χ2v) is 16.0. The van der Waals surface area contributed by atoms with E-state index in [1.807, 2.05) is 0 Å². The first-order valence-corrected chi connectivity index (χ1v) is 21.0. The van der Waals surface area contributed by atoms with E-state index in [9.17, 15) is 0 Å². The van der Waals surface area contributed by atoms with Crippen LogP contribution < -0.4 is 0 Å². The molecule has 284 valence electrons. The van der Waals surface area contributed by atoms with Gasteiger partial charge < -0.3 is 0 Å². The average molecular weight is 775 g/mol. The van der Waals surface area contributed by atoms with Crippen molar-refractivity contribution in [2.45, 2.75) is 5.41 Å². The summed E-state index contributed by atoms with van der Waals surface area (Å²) in [4.78, 5) is 10.9. The molecule has 0 saturated carbocycles. The van der Waals surface area contributed by atoms with Crippen LogP contribution in [0.5, 0.6) is 0 Å². The zero-order valence-corrected chi connectivity index (χ0v) is 33.3. The van der Waals surface area contributed by atoms with Crippen LogP contribution in [0.1, 0.15) is 22.3 Å². The van der Waals surface area contributed by atoms with E-state index in [0.717, 1.165) is 50.3 Å². The number of fused-ring (bicyclic) bond motifs is 12. The van der Waals surface area contributed by atoms with Crippen LogP contribution in [-0.2, 0) is 5.41 Å². The molecule has 12 rings (SSSR count). The average Bonchev–Trinajstić information content (AvgIpc) is 3.59. The summed E-state index contributed by atoms with van der Waals surface area (Å²) in [6, 6.07) is 83.6. The largest absolute Gasteiger partial charge is 0.228 e. The van der Waals surface area contributed by atoms with Gasteiger partial charge in [0.2, 0.25) is 0 Å². The van der Waals surface area contributed by atoms with E-state index in [2.05, 4.69) is 231 Å². The maximum Gasteiger partial charge on any atom is 0.160 e. The molecule has 0 atom stereocenters. The summed E-state index contributed by atoms with van der Waals surface area (Å²) in [5.41, 5.74) is 21.4. The van der Waals surface area contributed by atoms with Gasteiger partial charge in [-0.25, -0.2) is 9.97 Å². The minimum atomic E-state index is -0.587. The van der Waals surface area contributed by atoms with Gasteiger partial charge in [-0.15, -0.1) is 0 Å². The smallest absolute Gasteiger partial charge is 0.160 e. The van der Waals surface area contributed by atoms with E-state index in [-0.39, 0.29) is 0 Å². The Morgan fingerprint density at radius 3 is 1.30 bits per heavy atom. The van der Waals surface area contributed by atoms with Gasteiger partial charge in [0.15, 0.2) is 5.82 Å². The minimum Gasteiger partial charge on any atom is -0.228 e. The fourth-order valence-electron chi connectivity index (χ4n) is 10.1. The minimum absolute atomic E-state index is 0.587. The van der Waals surface area contributed by atoms with Crippen LogP contribution in [-0.4, -0.2) is 9.97 Å². The van der Waals surface area contributed by atoms with Crippen LogP contribution >= 0.6 is 0 Å². The standard InChI is InChI=1S/C59H38N2/c1-3-18-39(19-4-1)41-22-17-23-43(36-41)58-60-56(38-57(61-58)51-30-10-7-24-44(51)40-20-5-2-6-21-40)42-34-35-50-46-26-9-8-25-45(46)47-27-11-14-31-52(47)59(55(50)37-42)53-32-15-12-28-48(53)49-29-13-16-33-54(49)59/h1-38H. The highest BCUT2D eigenvalue weighted by molar-refractivity contribution is 5.98. The van der Waals surface area contributed by atoms with Crippen LogP contribution in [0.15, 0.2) is 231 Å². The Hall–Kier alpha value is -7.94. The predicted octanol–water partition coefficient (Wildman–Crippen LogP) is 14.8. The second kappa shape index (κ2) is 14.1. The zero-order valence-electron chi connectivity index (χ0n) is 33.3. The van der Waals surface area contributed by atoms with Gasteiger partial charge in [-0.3, -0.25) is 0 Å². The first-order chi connectivity index (χ1) is 30.3. The fraction of sp³-hybridized carbons (Fsp3) is 0.0169. The number of benzene rings is 9. The number of hydrogen-bond acceptors (Lipinski definition) is 2. The summed E-state index contributed by atoms with van der Waals surface area (Å²) in [6.45, 7) is 0. The monoisotopic (exact) mass is 774 g/mol. The van der Waals surface area contributed by atoms with E-state index in [1.165, 1.54) is 55.6 Å². The summed E-state index contributed by atoms with van der Waals surface area (Å²) in [6.07, 6.45) is 0. The predicted molar refractivity (Wildman–Crippen MR) is 251 cm³/mol. The molecular formula is C59H38N2. The summed E-state index contributed by atoms with van der Waals surface area (Å²) < 4.78 is 0. The Balaban J connectivity index is 1.15. The van der Waals surface area contributed by atoms with Crippen molar-refractivity contribution in [3.63, 3.8) is 0 Å². The molecule has 0 saturated heterocycles. The van der Waals surface area contributed by atoms with Crippen molar-refractivity contribution in [1.82, 2.24) is 9.97 Å². The third-order valence-corrected chi connectivity index (χ3v) is 12.8. The van der Waals surface area contributed by atoms with Crippen LogP contribution in [0.25, 0.3) is 89.5 Å². The van der Waals surface area contributed by atoms with Crippen LogP contribution in [0.3, 0.4) is 0 Å². The molecule has 0 unspecified atom stereocenters. The molecule has 0 N–H and O–H groups in total. The highest BCUT2D eigenvalue weighted by atomic mass is 14.9. The number of aromatic nitrogens is 2. The van der Waals surface area contributed by atoms with Crippen LogP contribution in [0.2, 0.25) is 0 Å². The summed E-state index contributed by atoms with van der Waals surface area (Å²) >= 11 is 0. The first-order valence-electron chi connectivity index (χ1n) is 21.0. The molecule has 2 heteroatoms. The van der Waals surface area contributed by atoms with Crippen molar-refractivity contribution in [3.8, 4) is 89.5 Å². The van der Waals surface area contributed by atoms with Gasteiger partial charge in [0, 0.05) is 16.7 Å². The van der Waals surface area contributed by atoms with Gasteiger partial charge in [0.1, 0.15) is 0 Å². The molecule has 10 aromatic rings. The number of hydrogen-bond donors (Lipinski definition) is 0. The van der Waals surface area contributed by atoms with Crippen molar-refractivity contribution in [2.24, 2.45) is 0 Å². The van der Waals surface area contributed by atoms with Gasteiger partial charge in [-0.05, 0) is 96.1 Å². The Bertz CT molecular complexity index is 3260. The molecule has 0 bridgehead atoms.